The predicted octanol–water partition coefficient (Wildman–Crippen LogP) is 12.2. The van der Waals surface area contributed by atoms with Gasteiger partial charge in [-0.05, 0) is 73.1 Å². The van der Waals surface area contributed by atoms with Crippen LogP contribution in [-0.2, 0) is 0 Å². The predicted molar refractivity (Wildman–Crippen MR) is 207 cm³/mol. The topological polar surface area (TPSA) is 38.7 Å². The Morgan fingerprint density at radius 2 is 0.700 bits per heavy atom. The summed E-state index contributed by atoms with van der Waals surface area (Å²) >= 11 is 0. The van der Waals surface area contributed by atoms with Gasteiger partial charge in [0.2, 0.25) is 0 Å². The fraction of sp³-hybridized carbons (Fsp3) is 0. The van der Waals surface area contributed by atoms with E-state index < -0.39 is 0 Å². The highest BCUT2D eigenvalue weighted by molar-refractivity contribution is 6.12. The van der Waals surface area contributed by atoms with Crippen LogP contribution < -0.4 is 0 Å². The average Bonchev–Trinajstić information content (AvgIpc) is 3.21. The molecule has 0 saturated carbocycles. The fourth-order valence-corrected chi connectivity index (χ4v) is 6.81. The van der Waals surface area contributed by atoms with E-state index in [0.717, 1.165) is 33.2 Å². The van der Waals surface area contributed by atoms with E-state index >= 15 is 0 Å². The number of nitrogens with zero attached hydrogens (tertiary/aromatic N) is 3. The summed E-state index contributed by atoms with van der Waals surface area (Å²) in [5, 5.41) is 4.78. The number of rotatable bonds is 6. The van der Waals surface area contributed by atoms with Crippen LogP contribution in [0, 0.1) is 0 Å². The van der Waals surface area contributed by atoms with Crippen molar-refractivity contribution >= 4 is 21.5 Å². The molecular weight excluding hydrogens is 607 g/mol. The molecule has 3 nitrogen and oxygen atoms in total. The lowest BCUT2D eigenvalue weighted by atomic mass is 9.92. The molecule has 0 N–H and O–H groups in total. The first kappa shape index (κ1) is 29.4. The number of aromatic nitrogens is 3. The zero-order chi connectivity index (χ0) is 33.3. The van der Waals surface area contributed by atoms with E-state index in [1.165, 1.54) is 38.4 Å². The highest BCUT2D eigenvalue weighted by Crippen LogP contribution is 2.36. The smallest absolute Gasteiger partial charge is 0.164 e. The van der Waals surface area contributed by atoms with Gasteiger partial charge in [0.25, 0.3) is 0 Å². The molecule has 0 aliphatic carbocycles. The van der Waals surface area contributed by atoms with Crippen LogP contribution in [-0.4, -0.2) is 15.0 Å². The van der Waals surface area contributed by atoms with Crippen molar-refractivity contribution in [1.29, 1.82) is 0 Å². The number of benzene rings is 8. The lowest BCUT2D eigenvalue weighted by Gasteiger charge is -2.13. The molecule has 0 aliphatic heterocycles. The molecule has 0 radical (unpaired) electrons. The van der Waals surface area contributed by atoms with Gasteiger partial charge in [-0.2, -0.15) is 0 Å². The van der Waals surface area contributed by atoms with Crippen LogP contribution in [0.15, 0.2) is 188 Å². The molecule has 1 aromatic heterocycles. The van der Waals surface area contributed by atoms with E-state index in [1.807, 2.05) is 36.4 Å². The molecule has 0 aliphatic rings. The van der Waals surface area contributed by atoms with Crippen molar-refractivity contribution < 1.29 is 0 Å². The van der Waals surface area contributed by atoms with Gasteiger partial charge in [0.05, 0.1) is 0 Å². The Bertz CT molecular complexity index is 2630. The summed E-state index contributed by atoms with van der Waals surface area (Å²) in [4.78, 5) is 15.1. The Morgan fingerprint density at radius 3 is 1.34 bits per heavy atom. The zero-order valence-corrected chi connectivity index (χ0v) is 27.2. The fourth-order valence-electron chi connectivity index (χ4n) is 6.81. The zero-order valence-electron chi connectivity index (χ0n) is 27.2. The van der Waals surface area contributed by atoms with Crippen molar-refractivity contribution in [3.8, 4) is 67.5 Å². The maximum atomic E-state index is 5.07. The van der Waals surface area contributed by atoms with Gasteiger partial charge >= 0.3 is 0 Å². The maximum Gasteiger partial charge on any atom is 0.164 e. The molecule has 0 unspecified atom stereocenters. The van der Waals surface area contributed by atoms with Gasteiger partial charge in [0.15, 0.2) is 17.5 Å². The van der Waals surface area contributed by atoms with Crippen molar-refractivity contribution in [2.24, 2.45) is 0 Å². The van der Waals surface area contributed by atoms with Crippen LogP contribution in [0.4, 0.5) is 0 Å². The molecule has 9 aromatic rings. The van der Waals surface area contributed by atoms with E-state index in [1.54, 1.807) is 0 Å². The average molecular weight is 638 g/mol. The van der Waals surface area contributed by atoms with E-state index in [9.17, 15) is 0 Å². The Balaban J connectivity index is 1.15. The highest BCUT2D eigenvalue weighted by atomic mass is 15.0. The third-order valence-electron chi connectivity index (χ3n) is 9.31. The van der Waals surface area contributed by atoms with E-state index in [2.05, 4.69) is 152 Å². The SMILES string of the molecule is c1ccc(-c2cccc(-c3nc(-c4ccccc4)nc(-c4ccc5c(ccc6c(-c7cccc(-c8ccccc8)c7)cccc65)c4)n3)c2)cc1. The maximum absolute atomic E-state index is 5.07. The van der Waals surface area contributed by atoms with Crippen molar-refractivity contribution in [1.82, 2.24) is 15.0 Å². The number of hydrogen-bond donors (Lipinski definition) is 0. The lowest BCUT2D eigenvalue weighted by Crippen LogP contribution is -2.00. The van der Waals surface area contributed by atoms with Gasteiger partial charge in [0.1, 0.15) is 0 Å². The normalized spacial score (nSPS) is 11.2. The van der Waals surface area contributed by atoms with Gasteiger partial charge in [-0.3, -0.25) is 0 Å². The van der Waals surface area contributed by atoms with Crippen LogP contribution in [0.2, 0.25) is 0 Å². The van der Waals surface area contributed by atoms with Crippen molar-refractivity contribution in [3.05, 3.63) is 188 Å². The minimum Gasteiger partial charge on any atom is -0.208 e. The second-order valence-electron chi connectivity index (χ2n) is 12.5. The van der Waals surface area contributed by atoms with Crippen LogP contribution in [0.5, 0.6) is 0 Å². The molecule has 9 rings (SSSR count). The first-order valence-corrected chi connectivity index (χ1v) is 16.9. The van der Waals surface area contributed by atoms with Crippen LogP contribution in [0.1, 0.15) is 0 Å². The molecule has 50 heavy (non-hydrogen) atoms. The van der Waals surface area contributed by atoms with Crippen molar-refractivity contribution in [2.75, 3.05) is 0 Å². The van der Waals surface area contributed by atoms with Crippen LogP contribution >= 0.6 is 0 Å². The summed E-state index contributed by atoms with van der Waals surface area (Å²) in [7, 11) is 0. The second kappa shape index (κ2) is 12.7. The summed E-state index contributed by atoms with van der Waals surface area (Å²) in [5.41, 5.74) is 9.97. The van der Waals surface area contributed by atoms with Gasteiger partial charge in [-0.15, -0.1) is 0 Å². The highest BCUT2D eigenvalue weighted by Gasteiger charge is 2.15. The Hall–Kier alpha value is -6.71. The molecule has 8 aromatic carbocycles. The first-order valence-electron chi connectivity index (χ1n) is 16.9. The lowest BCUT2D eigenvalue weighted by molar-refractivity contribution is 1.07. The molecule has 0 saturated heterocycles. The van der Waals surface area contributed by atoms with Gasteiger partial charge in [0, 0.05) is 16.7 Å². The summed E-state index contributed by atoms with van der Waals surface area (Å²) in [6, 6.07) is 65.9. The Morgan fingerprint density at radius 1 is 0.240 bits per heavy atom. The molecule has 3 heteroatoms. The third-order valence-corrected chi connectivity index (χ3v) is 9.31. The van der Waals surface area contributed by atoms with Gasteiger partial charge in [-0.1, -0.05) is 170 Å². The molecule has 0 amide bonds. The molecule has 1 heterocycles. The largest absolute Gasteiger partial charge is 0.208 e. The third kappa shape index (κ3) is 5.61. The minimum atomic E-state index is 0.646. The van der Waals surface area contributed by atoms with Crippen molar-refractivity contribution in [3.63, 3.8) is 0 Å². The van der Waals surface area contributed by atoms with Gasteiger partial charge in [-0.25, -0.2) is 15.0 Å². The second-order valence-corrected chi connectivity index (χ2v) is 12.5. The minimum absolute atomic E-state index is 0.646. The first-order chi connectivity index (χ1) is 24.8. The molecule has 0 fully saturated rings. The van der Waals surface area contributed by atoms with Crippen LogP contribution in [0.25, 0.3) is 89.1 Å². The standard InChI is InChI=1S/C47H31N3/c1-4-13-32(14-5-1)35-19-10-21-37(29-35)41-23-12-24-43-42-27-26-40(31-38(42)25-28-44(41)43)47-49-45(34-17-8-3-9-18-34)48-46(50-47)39-22-11-20-36(30-39)33-15-6-2-7-16-33/h1-31H. The van der Waals surface area contributed by atoms with Gasteiger partial charge < -0.3 is 0 Å². The Labute approximate surface area is 291 Å². The monoisotopic (exact) mass is 637 g/mol. The summed E-state index contributed by atoms with van der Waals surface area (Å²) in [6.07, 6.45) is 0. The van der Waals surface area contributed by atoms with Crippen molar-refractivity contribution in [2.45, 2.75) is 0 Å². The molecule has 0 spiro atoms. The molecule has 0 atom stereocenters. The van der Waals surface area contributed by atoms with Crippen LogP contribution in [0.3, 0.4) is 0 Å². The summed E-state index contributed by atoms with van der Waals surface area (Å²) in [6.45, 7) is 0. The number of fused-ring (bicyclic) bond motifs is 3. The van der Waals surface area contributed by atoms with E-state index in [0.29, 0.717) is 17.5 Å². The van der Waals surface area contributed by atoms with E-state index in [4.69, 9.17) is 15.0 Å². The molecule has 0 bridgehead atoms. The Kier molecular flexibility index (Phi) is 7.49. The number of hydrogen-bond acceptors (Lipinski definition) is 3. The summed E-state index contributed by atoms with van der Waals surface area (Å²) < 4.78 is 0. The van der Waals surface area contributed by atoms with E-state index in [-0.39, 0.29) is 0 Å². The summed E-state index contributed by atoms with van der Waals surface area (Å²) in [5.74, 6) is 1.94. The quantitative estimate of drug-likeness (QED) is 0.170. The molecule has 234 valence electrons. The molecular formula is C47H31N3.